The fourth-order valence-electron chi connectivity index (χ4n) is 2.72. The number of carbonyl (C=O) groups is 1. The maximum absolute atomic E-state index is 12.5. The molecule has 0 radical (unpaired) electrons. The highest BCUT2D eigenvalue weighted by molar-refractivity contribution is 9.10. The SMILES string of the molecule is Cc1cc(C)c(S(=O)(=O)NCCC(=O)Nc2cc(Br)c[nH]c2=O)c(C)c1. The summed E-state index contributed by atoms with van der Waals surface area (Å²) in [5.74, 6) is -0.464. The van der Waals surface area contributed by atoms with E-state index in [1.807, 2.05) is 6.92 Å². The van der Waals surface area contributed by atoms with Crippen LogP contribution in [-0.2, 0) is 14.8 Å². The van der Waals surface area contributed by atoms with Crippen LogP contribution in [0.2, 0.25) is 0 Å². The highest BCUT2D eigenvalue weighted by atomic mass is 79.9. The molecule has 0 saturated carbocycles. The van der Waals surface area contributed by atoms with E-state index < -0.39 is 21.5 Å². The van der Waals surface area contributed by atoms with Gasteiger partial charge in [-0.2, -0.15) is 0 Å². The van der Waals surface area contributed by atoms with Crippen LogP contribution in [0.5, 0.6) is 0 Å². The van der Waals surface area contributed by atoms with Crippen molar-refractivity contribution in [2.24, 2.45) is 0 Å². The first-order valence-corrected chi connectivity index (χ1v) is 10.1. The molecule has 0 unspecified atom stereocenters. The number of aryl methyl sites for hydroxylation is 3. The van der Waals surface area contributed by atoms with Gasteiger partial charge in [-0.05, 0) is 53.9 Å². The predicted molar refractivity (Wildman–Crippen MR) is 104 cm³/mol. The molecule has 0 aliphatic heterocycles. The Morgan fingerprint density at radius 2 is 1.77 bits per heavy atom. The van der Waals surface area contributed by atoms with E-state index in [0.717, 1.165) is 5.56 Å². The molecule has 2 rings (SSSR count). The fraction of sp³-hybridized carbons (Fsp3) is 0.294. The van der Waals surface area contributed by atoms with E-state index in [-0.39, 0.29) is 23.5 Å². The van der Waals surface area contributed by atoms with Gasteiger partial charge in [-0.25, -0.2) is 13.1 Å². The summed E-state index contributed by atoms with van der Waals surface area (Å²) in [7, 11) is -3.73. The minimum Gasteiger partial charge on any atom is -0.326 e. The number of aromatic amines is 1. The maximum atomic E-state index is 12.5. The monoisotopic (exact) mass is 441 g/mol. The van der Waals surface area contributed by atoms with Crippen LogP contribution in [-0.4, -0.2) is 25.9 Å². The number of pyridine rings is 1. The molecule has 0 spiro atoms. The number of hydrogen-bond donors (Lipinski definition) is 3. The highest BCUT2D eigenvalue weighted by Gasteiger charge is 2.20. The zero-order valence-corrected chi connectivity index (χ0v) is 17.0. The van der Waals surface area contributed by atoms with Gasteiger partial charge in [-0.15, -0.1) is 0 Å². The number of aromatic nitrogens is 1. The van der Waals surface area contributed by atoms with Gasteiger partial charge >= 0.3 is 0 Å². The van der Waals surface area contributed by atoms with Crippen LogP contribution in [0.1, 0.15) is 23.1 Å². The highest BCUT2D eigenvalue weighted by Crippen LogP contribution is 2.21. The Kier molecular flexibility index (Phi) is 6.38. The summed E-state index contributed by atoms with van der Waals surface area (Å²) in [6.45, 7) is 5.30. The van der Waals surface area contributed by atoms with Crippen LogP contribution in [0.3, 0.4) is 0 Å². The maximum Gasteiger partial charge on any atom is 0.271 e. The van der Waals surface area contributed by atoms with Crippen molar-refractivity contribution in [3.8, 4) is 0 Å². The van der Waals surface area contributed by atoms with Gasteiger partial charge in [0.1, 0.15) is 5.69 Å². The van der Waals surface area contributed by atoms with Gasteiger partial charge in [0.25, 0.3) is 5.56 Å². The zero-order valence-electron chi connectivity index (χ0n) is 14.6. The molecule has 0 aliphatic carbocycles. The number of halogens is 1. The lowest BCUT2D eigenvalue weighted by atomic mass is 10.1. The smallest absolute Gasteiger partial charge is 0.271 e. The Hall–Kier alpha value is -1.97. The average molecular weight is 442 g/mol. The topological polar surface area (TPSA) is 108 Å². The Morgan fingerprint density at radius 1 is 1.15 bits per heavy atom. The molecule has 0 aliphatic rings. The molecule has 1 aromatic carbocycles. The number of benzene rings is 1. The number of rotatable bonds is 6. The number of hydrogen-bond acceptors (Lipinski definition) is 4. The molecule has 7 nitrogen and oxygen atoms in total. The van der Waals surface area contributed by atoms with Crippen molar-refractivity contribution in [1.82, 2.24) is 9.71 Å². The molecule has 9 heteroatoms. The lowest BCUT2D eigenvalue weighted by Gasteiger charge is -2.13. The van der Waals surface area contributed by atoms with E-state index in [4.69, 9.17) is 0 Å². The minimum atomic E-state index is -3.73. The van der Waals surface area contributed by atoms with Crippen LogP contribution in [0, 0.1) is 20.8 Å². The number of H-pyrrole nitrogens is 1. The van der Waals surface area contributed by atoms with Crippen LogP contribution >= 0.6 is 15.9 Å². The van der Waals surface area contributed by atoms with Crippen molar-refractivity contribution in [2.75, 3.05) is 11.9 Å². The largest absolute Gasteiger partial charge is 0.326 e. The molecule has 0 fully saturated rings. The number of anilines is 1. The quantitative estimate of drug-likeness (QED) is 0.638. The van der Waals surface area contributed by atoms with E-state index >= 15 is 0 Å². The summed E-state index contributed by atoms with van der Waals surface area (Å²) in [5, 5.41) is 2.46. The molecule has 140 valence electrons. The van der Waals surface area contributed by atoms with Crippen molar-refractivity contribution < 1.29 is 13.2 Å². The number of sulfonamides is 1. The van der Waals surface area contributed by atoms with Gasteiger partial charge in [-0.1, -0.05) is 17.7 Å². The molecule has 0 saturated heterocycles. The van der Waals surface area contributed by atoms with Crippen LogP contribution in [0.4, 0.5) is 5.69 Å². The third-order valence-electron chi connectivity index (χ3n) is 3.66. The molecular weight excluding hydrogens is 422 g/mol. The number of amides is 1. The molecular formula is C17H20BrN3O4S. The lowest BCUT2D eigenvalue weighted by molar-refractivity contribution is -0.116. The van der Waals surface area contributed by atoms with Gasteiger partial charge in [0, 0.05) is 23.6 Å². The summed E-state index contributed by atoms with van der Waals surface area (Å²) in [5.41, 5.74) is 1.95. The predicted octanol–water partition coefficient (Wildman–Crippen LogP) is 2.37. The summed E-state index contributed by atoms with van der Waals surface area (Å²) < 4.78 is 28.1. The van der Waals surface area contributed by atoms with Crippen LogP contribution in [0.25, 0.3) is 0 Å². The van der Waals surface area contributed by atoms with E-state index in [1.54, 1.807) is 26.0 Å². The Morgan fingerprint density at radius 3 is 2.38 bits per heavy atom. The van der Waals surface area contributed by atoms with Gasteiger partial charge in [0.2, 0.25) is 15.9 Å². The van der Waals surface area contributed by atoms with Gasteiger partial charge < -0.3 is 10.3 Å². The number of nitrogens with one attached hydrogen (secondary N) is 3. The van der Waals surface area contributed by atoms with Crippen molar-refractivity contribution in [1.29, 1.82) is 0 Å². The van der Waals surface area contributed by atoms with E-state index in [2.05, 4.69) is 31.0 Å². The average Bonchev–Trinajstić information content (AvgIpc) is 2.49. The second kappa shape index (κ2) is 8.15. The first kappa shape index (κ1) is 20.3. The fourth-order valence-corrected chi connectivity index (χ4v) is 4.55. The number of carbonyl (C=O) groups excluding carboxylic acids is 1. The third kappa shape index (κ3) is 5.03. The van der Waals surface area contributed by atoms with Crippen molar-refractivity contribution in [3.05, 3.63) is 55.9 Å². The normalized spacial score (nSPS) is 11.4. The van der Waals surface area contributed by atoms with E-state index in [1.165, 1.54) is 12.3 Å². The van der Waals surface area contributed by atoms with Gasteiger partial charge in [-0.3, -0.25) is 9.59 Å². The molecule has 26 heavy (non-hydrogen) atoms. The minimum absolute atomic E-state index is 0.0766. The lowest BCUT2D eigenvalue weighted by Crippen LogP contribution is -2.29. The van der Waals surface area contributed by atoms with Crippen molar-refractivity contribution in [3.63, 3.8) is 0 Å². The summed E-state index contributed by atoms with van der Waals surface area (Å²) >= 11 is 3.20. The molecule has 3 N–H and O–H groups in total. The Labute approximate surface area is 160 Å². The van der Waals surface area contributed by atoms with Crippen molar-refractivity contribution >= 4 is 37.5 Å². The van der Waals surface area contributed by atoms with Gasteiger partial charge in [0.05, 0.1) is 4.90 Å². The second-order valence-electron chi connectivity index (χ2n) is 5.98. The molecule has 1 amide bonds. The summed E-state index contributed by atoms with van der Waals surface area (Å²) in [6.07, 6.45) is 1.35. The standard InChI is InChI=1S/C17H20BrN3O4S/c1-10-6-11(2)16(12(3)7-10)26(24,25)20-5-4-15(22)21-14-8-13(18)9-19-17(14)23/h6-9,20H,4-5H2,1-3H3,(H,19,23)(H,21,22). The first-order valence-electron chi connectivity index (χ1n) is 7.86. The van der Waals surface area contributed by atoms with E-state index in [0.29, 0.717) is 15.6 Å². The third-order valence-corrected chi connectivity index (χ3v) is 5.88. The summed E-state index contributed by atoms with van der Waals surface area (Å²) in [6, 6.07) is 5.07. The molecule has 0 bridgehead atoms. The van der Waals surface area contributed by atoms with Crippen molar-refractivity contribution in [2.45, 2.75) is 32.1 Å². The Balaban J connectivity index is 2.01. The molecule has 0 atom stereocenters. The second-order valence-corrected chi connectivity index (χ2v) is 8.60. The molecule has 1 aromatic heterocycles. The first-order chi connectivity index (χ1) is 12.1. The van der Waals surface area contributed by atoms with Crippen LogP contribution in [0.15, 0.2) is 38.6 Å². The Bertz CT molecular complexity index is 976. The molecule has 1 heterocycles. The van der Waals surface area contributed by atoms with E-state index in [9.17, 15) is 18.0 Å². The molecule has 2 aromatic rings. The summed E-state index contributed by atoms with van der Waals surface area (Å²) in [4.78, 5) is 26.3. The van der Waals surface area contributed by atoms with Crippen LogP contribution < -0.4 is 15.6 Å². The zero-order chi connectivity index (χ0) is 19.5. The van der Waals surface area contributed by atoms with Gasteiger partial charge in [0.15, 0.2) is 0 Å².